The Morgan fingerprint density at radius 1 is 1.30 bits per heavy atom. The topological polar surface area (TPSA) is 46.2 Å². The van der Waals surface area contributed by atoms with Crippen molar-refractivity contribution in [1.29, 1.82) is 0 Å². The molecular formula is C12H11F4NO2S. The summed E-state index contributed by atoms with van der Waals surface area (Å²) in [6.07, 6.45) is -3.32. The Bertz CT molecular complexity index is 637. The van der Waals surface area contributed by atoms with Crippen LogP contribution in [0.4, 0.5) is 17.6 Å². The molecule has 1 heterocycles. The van der Waals surface area contributed by atoms with Gasteiger partial charge in [0.05, 0.1) is 11.3 Å². The second-order valence-corrected chi connectivity index (χ2v) is 6.39. The van der Waals surface area contributed by atoms with Gasteiger partial charge in [-0.15, -0.1) is 0 Å². The maximum atomic E-state index is 13.1. The molecule has 0 spiro atoms. The number of hydrogen-bond donors (Lipinski definition) is 1. The smallest absolute Gasteiger partial charge is 0.305 e. The Labute approximate surface area is 113 Å². The zero-order chi connectivity index (χ0) is 15.0. The van der Waals surface area contributed by atoms with Crippen LogP contribution in [0.15, 0.2) is 29.7 Å². The molecule has 2 rings (SSSR count). The number of rotatable bonds is 3. The van der Waals surface area contributed by atoms with Crippen molar-refractivity contribution in [2.45, 2.75) is 18.8 Å². The van der Waals surface area contributed by atoms with Crippen LogP contribution in [-0.4, -0.2) is 20.2 Å². The zero-order valence-electron chi connectivity index (χ0n) is 10.1. The van der Waals surface area contributed by atoms with E-state index in [0.29, 0.717) is 0 Å². The van der Waals surface area contributed by atoms with E-state index in [4.69, 9.17) is 0 Å². The van der Waals surface area contributed by atoms with Crippen molar-refractivity contribution in [1.82, 2.24) is 5.32 Å². The van der Waals surface area contributed by atoms with Gasteiger partial charge in [0.15, 0.2) is 9.84 Å². The monoisotopic (exact) mass is 309 g/mol. The van der Waals surface area contributed by atoms with E-state index < -0.39 is 33.4 Å². The molecule has 0 amide bonds. The summed E-state index contributed by atoms with van der Waals surface area (Å²) in [6, 6.07) is 2.25. The standard InChI is InChI=1S/C12H11F4NO2S/c13-11-2-1-8(5-10(11)12(14,15)16)6-17-9-3-4-20(18,19)7-9/h1-5,9,17H,6-7H2. The van der Waals surface area contributed by atoms with Crippen molar-refractivity contribution in [2.75, 3.05) is 5.75 Å². The molecule has 0 saturated carbocycles. The number of benzene rings is 1. The summed E-state index contributed by atoms with van der Waals surface area (Å²) in [7, 11) is -3.22. The fourth-order valence-electron chi connectivity index (χ4n) is 1.85. The van der Waals surface area contributed by atoms with Crippen LogP contribution in [0.25, 0.3) is 0 Å². The Kier molecular flexibility index (Phi) is 3.88. The van der Waals surface area contributed by atoms with E-state index >= 15 is 0 Å². The first-order valence-electron chi connectivity index (χ1n) is 5.67. The van der Waals surface area contributed by atoms with Crippen molar-refractivity contribution < 1.29 is 26.0 Å². The molecule has 0 saturated heterocycles. The molecule has 0 aromatic heterocycles. The van der Waals surface area contributed by atoms with Gasteiger partial charge in [-0.3, -0.25) is 0 Å². The molecule has 3 nitrogen and oxygen atoms in total. The maximum absolute atomic E-state index is 13.1. The van der Waals surface area contributed by atoms with Crippen molar-refractivity contribution in [2.24, 2.45) is 0 Å². The summed E-state index contributed by atoms with van der Waals surface area (Å²) >= 11 is 0. The van der Waals surface area contributed by atoms with Crippen LogP contribution in [0.3, 0.4) is 0 Å². The highest BCUT2D eigenvalue weighted by molar-refractivity contribution is 7.94. The van der Waals surface area contributed by atoms with E-state index in [1.807, 2.05) is 0 Å². The molecule has 1 aliphatic rings. The van der Waals surface area contributed by atoms with E-state index in [2.05, 4.69) is 5.32 Å². The number of hydrogen-bond acceptors (Lipinski definition) is 3. The number of nitrogens with one attached hydrogen (secondary N) is 1. The molecule has 1 N–H and O–H groups in total. The minimum atomic E-state index is -4.75. The van der Waals surface area contributed by atoms with Gasteiger partial charge in [0, 0.05) is 18.0 Å². The summed E-state index contributed by atoms with van der Waals surface area (Å²) in [5, 5.41) is 3.86. The van der Waals surface area contributed by atoms with E-state index in [0.717, 1.165) is 17.5 Å². The van der Waals surface area contributed by atoms with Gasteiger partial charge in [-0.2, -0.15) is 13.2 Å². The summed E-state index contributed by atoms with van der Waals surface area (Å²) in [6.45, 7) is 0.0217. The average Bonchev–Trinajstić information content (AvgIpc) is 2.66. The van der Waals surface area contributed by atoms with Crippen LogP contribution in [0.2, 0.25) is 0 Å². The maximum Gasteiger partial charge on any atom is 0.419 e. The molecule has 1 aromatic carbocycles. The van der Waals surface area contributed by atoms with Crippen LogP contribution in [-0.2, 0) is 22.6 Å². The molecular weight excluding hydrogens is 298 g/mol. The van der Waals surface area contributed by atoms with Crippen LogP contribution in [0.5, 0.6) is 0 Å². The first-order valence-corrected chi connectivity index (χ1v) is 7.39. The third-order valence-corrected chi connectivity index (χ3v) is 4.23. The van der Waals surface area contributed by atoms with Crippen LogP contribution in [0.1, 0.15) is 11.1 Å². The van der Waals surface area contributed by atoms with Crippen LogP contribution in [0, 0.1) is 5.82 Å². The lowest BCUT2D eigenvalue weighted by Crippen LogP contribution is -2.29. The van der Waals surface area contributed by atoms with Crippen LogP contribution < -0.4 is 5.32 Å². The van der Waals surface area contributed by atoms with Gasteiger partial charge in [0.2, 0.25) is 0 Å². The lowest BCUT2D eigenvalue weighted by Gasteiger charge is -2.12. The molecule has 0 fully saturated rings. The minimum absolute atomic E-state index is 0.0217. The molecule has 20 heavy (non-hydrogen) atoms. The Hall–Kier alpha value is -1.41. The Morgan fingerprint density at radius 3 is 2.55 bits per heavy atom. The van der Waals surface area contributed by atoms with Gasteiger partial charge in [-0.25, -0.2) is 12.8 Å². The quantitative estimate of drug-likeness (QED) is 0.871. The second-order valence-electron chi connectivity index (χ2n) is 4.46. The highest BCUT2D eigenvalue weighted by atomic mass is 32.2. The second kappa shape index (κ2) is 5.17. The predicted octanol–water partition coefficient (Wildman–Crippen LogP) is 2.24. The molecule has 8 heteroatoms. The Morgan fingerprint density at radius 2 is 2.00 bits per heavy atom. The molecule has 1 atom stereocenters. The lowest BCUT2D eigenvalue weighted by atomic mass is 10.1. The molecule has 0 bridgehead atoms. The molecule has 1 unspecified atom stereocenters. The predicted molar refractivity (Wildman–Crippen MR) is 65.0 cm³/mol. The molecule has 110 valence electrons. The number of alkyl halides is 3. The first-order chi connectivity index (χ1) is 9.17. The van der Waals surface area contributed by atoms with Gasteiger partial charge in [-0.1, -0.05) is 12.1 Å². The summed E-state index contributed by atoms with van der Waals surface area (Å²) < 4.78 is 73.0. The Balaban J connectivity index is 2.06. The third-order valence-electron chi connectivity index (χ3n) is 2.83. The van der Waals surface area contributed by atoms with Crippen LogP contribution >= 0.6 is 0 Å². The van der Waals surface area contributed by atoms with Gasteiger partial charge < -0.3 is 5.32 Å². The van der Waals surface area contributed by atoms with Crippen molar-refractivity contribution in [3.05, 3.63) is 46.6 Å². The van der Waals surface area contributed by atoms with E-state index in [-0.39, 0.29) is 17.9 Å². The van der Waals surface area contributed by atoms with Gasteiger partial charge >= 0.3 is 6.18 Å². The third kappa shape index (κ3) is 3.57. The van der Waals surface area contributed by atoms with Gasteiger partial charge in [-0.05, 0) is 17.7 Å². The SMILES string of the molecule is O=S1(=O)C=CC(NCc2ccc(F)c(C(F)(F)F)c2)C1. The fourth-order valence-corrected chi connectivity index (χ4v) is 3.12. The fraction of sp³-hybridized carbons (Fsp3) is 0.333. The largest absolute Gasteiger partial charge is 0.419 e. The highest BCUT2D eigenvalue weighted by Gasteiger charge is 2.34. The first kappa shape index (κ1) is 15.0. The molecule has 1 aliphatic heterocycles. The summed E-state index contributed by atoms with van der Waals surface area (Å²) in [5.74, 6) is -1.45. The van der Waals surface area contributed by atoms with Crippen molar-refractivity contribution >= 4 is 9.84 Å². The van der Waals surface area contributed by atoms with Crippen molar-refractivity contribution in [3.63, 3.8) is 0 Å². The minimum Gasteiger partial charge on any atom is -0.305 e. The van der Waals surface area contributed by atoms with E-state index in [1.165, 1.54) is 12.1 Å². The highest BCUT2D eigenvalue weighted by Crippen LogP contribution is 2.31. The number of halogens is 4. The van der Waals surface area contributed by atoms with Gasteiger partial charge in [0.25, 0.3) is 0 Å². The molecule has 1 aromatic rings. The van der Waals surface area contributed by atoms with Crippen molar-refractivity contribution in [3.8, 4) is 0 Å². The lowest BCUT2D eigenvalue weighted by molar-refractivity contribution is -0.140. The average molecular weight is 309 g/mol. The molecule has 0 aliphatic carbocycles. The zero-order valence-corrected chi connectivity index (χ0v) is 10.9. The molecule has 0 radical (unpaired) electrons. The van der Waals surface area contributed by atoms with E-state index in [9.17, 15) is 26.0 Å². The summed E-state index contributed by atoms with van der Waals surface area (Å²) in [5.41, 5.74) is -1.09. The van der Waals surface area contributed by atoms with Gasteiger partial charge in [0.1, 0.15) is 5.82 Å². The summed E-state index contributed by atoms with van der Waals surface area (Å²) in [4.78, 5) is 0. The normalized spacial score (nSPS) is 21.3. The van der Waals surface area contributed by atoms with E-state index in [1.54, 1.807) is 0 Å². The number of sulfone groups is 1.